The standard InChI is InChI=1S/C26H21NO2/c1-19-6-2-4-8-24(19)26(28)17-12-20-10-15-23(16-11-20)29-18-22-14-13-21-7-3-5-9-25(21)27-22/h2-17H,18H2,1H3. The van der Waals surface area contributed by atoms with Gasteiger partial charge in [0.15, 0.2) is 5.78 Å². The molecule has 0 aliphatic rings. The maximum absolute atomic E-state index is 12.3. The summed E-state index contributed by atoms with van der Waals surface area (Å²) in [5, 5.41) is 1.12. The van der Waals surface area contributed by atoms with Crippen LogP contribution < -0.4 is 4.74 Å². The van der Waals surface area contributed by atoms with Crippen LogP contribution in [0.15, 0.2) is 91.0 Å². The number of hydrogen-bond acceptors (Lipinski definition) is 3. The summed E-state index contributed by atoms with van der Waals surface area (Å²) in [5.74, 6) is 0.771. The predicted octanol–water partition coefficient (Wildman–Crippen LogP) is 6.02. The van der Waals surface area contributed by atoms with Crippen molar-refractivity contribution in [2.45, 2.75) is 13.5 Å². The van der Waals surface area contributed by atoms with Gasteiger partial charge in [0.2, 0.25) is 0 Å². The summed E-state index contributed by atoms with van der Waals surface area (Å²) in [7, 11) is 0. The third-order valence-electron chi connectivity index (χ3n) is 4.76. The van der Waals surface area contributed by atoms with E-state index in [-0.39, 0.29) is 5.78 Å². The Labute approximate surface area is 170 Å². The number of benzene rings is 3. The fraction of sp³-hybridized carbons (Fsp3) is 0.0769. The molecule has 3 heteroatoms. The Hall–Kier alpha value is -3.72. The highest BCUT2D eigenvalue weighted by Crippen LogP contribution is 2.17. The fourth-order valence-corrected chi connectivity index (χ4v) is 3.13. The molecular weight excluding hydrogens is 358 g/mol. The summed E-state index contributed by atoms with van der Waals surface area (Å²) in [4.78, 5) is 17.0. The minimum atomic E-state index is 0.00538. The van der Waals surface area contributed by atoms with Gasteiger partial charge in [0, 0.05) is 10.9 Å². The van der Waals surface area contributed by atoms with Crippen molar-refractivity contribution in [3.63, 3.8) is 0 Å². The summed E-state index contributed by atoms with van der Waals surface area (Å²) < 4.78 is 5.85. The molecule has 0 atom stereocenters. The summed E-state index contributed by atoms with van der Waals surface area (Å²) in [6, 6.07) is 27.3. The second-order valence-corrected chi connectivity index (χ2v) is 6.87. The van der Waals surface area contributed by atoms with Crippen LogP contribution in [0, 0.1) is 6.92 Å². The molecule has 1 heterocycles. The van der Waals surface area contributed by atoms with E-state index in [0.717, 1.165) is 39.0 Å². The van der Waals surface area contributed by atoms with E-state index >= 15 is 0 Å². The van der Waals surface area contributed by atoms with Crippen LogP contribution in [-0.2, 0) is 6.61 Å². The number of ether oxygens (including phenoxy) is 1. The normalized spacial score (nSPS) is 11.1. The fourth-order valence-electron chi connectivity index (χ4n) is 3.13. The van der Waals surface area contributed by atoms with Crippen LogP contribution >= 0.6 is 0 Å². The van der Waals surface area contributed by atoms with E-state index in [2.05, 4.69) is 11.1 Å². The van der Waals surface area contributed by atoms with Gasteiger partial charge in [0.05, 0.1) is 11.2 Å². The number of carbonyl (C=O) groups excluding carboxylic acids is 1. The van der Waals surface area contributed by atoms with Crippen molar-refractivity contribution in [3.8, 4) is 5.75 Å². The van der Waals surface area contributed by atoms with Gasteiger partial charge in [-0.1, -0.05) is 66.7 Å². The molecule has 0 aliphatic heterocycles. The highest BCUT2D eigenvalue weighted by Gasteiger charge is 2.04. The van der Waals surface area contributed by atoms with Crippen molar-refractivity contribution in [3.05, 3.63) is 113 Å². The van der Waals surface area contributed by atoms with E-state index in [4.69, 9.17) is 4.74 Å². The van der Waals surface area contributed by atoms with Gasteiger partial charge in [0.25, 0.3) is 0 Å². The molecule has 29 heavy (non-hydrogen) atoms. The van der Waals surface area contributed by atoms with Gasteiger partial charge in [0.1, 0.15) is 12.4 Å². The average Bonchev–Trinajstić information content (AvgIpc) is 2.77. The van der Waals surface area contributed by atoms with Crippen molar-refractivity contribution in [1.82, 2.24) is 4.98 Å². The van der Waals surface area contributed by atoms with Crippen molar-refractivity contribution in [2.24, 2.45) is 0 Å². The van der Waals surface area contributed by atoms with Crippen molar-refractivity contribution < 1.29 is 9.53 Å². The van der Waals surface area contributed by atoms with Crippen molar-refractivity contribution in [2.75, 3.05) is 0 Å². The number of para-hydroxylation sites is 1. The monoisotopic (exact) mass is 379 g/mol. The van der Waals surface area contributed by atoms with E-state index < -0.39 is 0 Å². The Morgan fingerprint density at radius 2 is 1.66 bits per heavy atom. The number of fused-ring (bicyclic) bond motifs is 1. The number of allylic oxidation sites excluding steroid dienone is 1. The smallest absolute Gasteiger partial charge is 0.186 e. The first kappa shape index (κ1) is 18.6. The van der Waals surface area contributed by atoms with Crippen LogP contribution in [0.25, 0.3) is 17.0 Å². The quantitative estimate of drug-likeness (QED) is 0.304. The van der Waals surface area contributed by atoms with E-state index in [1.165, 1.54) is 0 Å². The molecule has 0 N–H and O–H groups in total. The molecule has 3 aromatic carbocycles. The summed E-state index contributed by atoms with van der Waals surface area (Å²) >= 11 is 0. The molecule has 0 saturated carbocycles. The maximum atomic E-state index is 12.3. The number of rotatable bonds is 6. The molecule has 0 amide bonds. The molecule has 0 bridgehead atoms. The maximum Gasteiger partial charge on any atom is 0.186 e. The SMILES string of the molecule is Cc1ccccc1C(=O)C=Cc1ccc(OCc2ccc3ccccc3n2)cc1. The third kappa shape index (κ3) is 4.58. The molecule has 0 saturated heterocycles. The second kappa shape index (κ2) is 8.53. The molecule has 1 aromatic heterocycles. The summed E-state index contributed by atoms with van der Waals surface area (Å²) in [5.41, 5.74) is 4.51. The molecule has 142 valence electrons. The number of pyridine rings is 1. The lowest BCUT2D eigenvalue weighted by Gasteiger charge is -2.07. The molecular formula is C26H21NO2. The number of aromatic nitrogens is 1. The first-order valence-corrected chi connectivity index (χ1v) is 9.55. The zero-order valence-electron chi connectivity index (χ0n) is 16.2. The lowest BCUT2D eigenvalue weighted by molar-refractivity contribution is 0.104. The zero-order chi connectivity index (χ0) is 20.1. The van der Waals surface area contributed by atoms with Crippen molar-refractivity contribution in [1.29, 1.82) is 0 Å². The number of nitrogens with zero attached hydrogens (tertiary/aromatic N) is 1. The molecule has 0 spiro atoms. The van der Waals surface area contributed by atoms with Gasteiger partial charge in [-0.2, -0.15) is 0 Å². The minimum absolute atomic E-state index is 0.00538. The van der Waals surface area contributed by atoms with Gasteiger partial charge >= 0.3 is 0 Å². The molecule has 4 rings (SSSR count). The number of ketones is 1. The van der Waals surface area contributed by atoms with Crippen LogP contribution in [0.3, 0.4) is 0 Å². The van der Waals surface area contributed by atoms with Crippen molar-refractivity contribution >= 4 is 22.8 Å². The van der Waals surface area contributed by atoms with E-state index in [0.29, 0.717) is 6.61 Å². The second-order valence-electron chi connectivity index (χ2n) is 6.87. The van der Waals surface area contributed by atoms with Gasteiger partial charge in [-0.05, 0) is 48.4 Å². The average molecular weight is 379 g/mol. The molecule has 0 unspecified atom stereocenters. The minimum Gasteiger partial charge on any atom is -0.487 e. The van der Waals surface area contributed by atoms with Gasteiger partial charge in [-0.15, -0.1) is 0 Å². The van der Waals surface area contributed by atoms with E-state index in [9.17, 15) is 4.79 Å². The third-order valence-corrected chi connectivity index (χ3v) is 4.76. The van der Waals surface area contributed by atoms with E-state index in [1.54, 1.807) is 6.08 Å². The lowest BCUT2D eigenvalue weighted by atomic mass is 10.0. The lowest BCUT2D eigenvalue weighted by Crippen LogP contribution is -1.98. The Balaban J connectivity index is 1.38. The first-order valence-electron chi connectivity index (χ1n) is 9.55. The first-order chi connectivity index (χ1) is 14.2. The summed E-state index contributed by atoms with van der Waals surface area (Å²) in [6.07, 6.45) is 3.43. The molecule has 0 radical (unpaired) electrons. The van der Waals surface area contributed by atoms with Crippen LogP contribution in [-0.4, -0.2) is 10.8 Å². The number of aryl methyl sites for hydroxylation is 1. The van der Waals surface area contributed by atoms with E-state index in [1.807, 2.05) is 91.9 Å². The van der Waals surface area contributed by atoms with Crippen LogP contribution in [0.4, 0.5) is 0 Å². The Morgan fingerprint density at radius 3 is 2.48 bits per heavy atom. The Bertz CT molecular complexity index is 1180. The summed E-state index contributed by atoms with van der Waals surface area (Å²) in [6.45, 7) is 2.35. The number of carbonyl (C=O) groups is 1. The van der Waals surface area contributed by atoms with Gasteiger partial charge in [-0.3, -0.25) is 4.79 Å². The topological polar surface area (TPSA) is 39.2 Å². The highest BCUT2D eigenvalue weighted by atomic mass is 16.5. The Morgan fingerprint density at radius 1 is 0.897 bits per heavy atom. The molecule has 0 fully saturated rings. The van der Waals surface area contributed by atoms with Crippen LogP contribution in [0.1, 0.15) is 27.2 Å². The van der Waals surface area contributed by atoms with Gasteiger partial charge < -0.3 is 4.74 Å². The Kier molecular flexibility index (Phi) is 5.48. The molecule has 4 aromatic rings. The van der Waals surface area contributed by atoms with Gasteiger partial charge in [-0.25, -0.2) is 4.98 Å². The van der Waals surface area contributed by atoms with Crippen LogP contribution in [0.5, 0.6) is 5.75 Å². The van der Waals surface area contributed by atoms with Crippen LogP contribution in [0.2, 0.25) is 0 Å². The highest BCUT2D eigenvalue weighted by molar-refractivity contribution is 6.07. The zero-order valence-corrected chi connectivity index (χ0v) is 16.2. The number of hydrogen-bond donors (Lipinski definition) is 0. The predicted molar refractivity (Wildman–Crippen MR) is 117 cm³/mol. The largest absolute Gasteiger partial charge is 0.487 e. The molecule has 3 nitrogen and oxygen atoms in total. The molecule has 0 aliphatic carbocycles.